The first-order valence-electron chi connectivity index (χ1n) is 2.12. The first-order valence-corrected chi connectivity index (χ1v) is 2.12. The summed E-state index contributed by atoms with van der Waals surface area (Å²) >= 11 is 0. The van der Waals surface area contributed by atoms with Gasteiger partial charge in [0, 0.05) is 22.4 Å². The molecule has 0 bridgehead atoms. The van der Waals surface area contributed by atoms with E-state index in [0.29, 0.717) is 0 Å². The number of ketones is 2. The van der Waals surface area contributed by atoms with Gasteiger partial charge < -0.3 is 0 Å². The Morgan fingerprint density at radius 2 is 1.38 bits per heavy atom. The molecule has 0 aliphatic rings. The van der Waals surface area contributed by atoms with Gasteiger partial charge in [-0.25, -0.2) is 0 Å². The standard InChI is InChI=1S/C5H8O2.Nb/c1-4(6)3-5(2)7;/h3H2,1-2H3;. The third-order valence-corrected chi connectivity index (χ3v) is 0.498. The second kappa shape index (κ2) is 5.22. The van der Waals surface area contributed by atoms with Gasteiger partial charge in [0.2, 0.25) is 0 Å². The fraction of sp³-hybridized carbons (Fsp3) is 0.600. The van der Waals surface area contributed by atoms with Gasteiger partial charge in [0.1, 0.15) is 11.6 Å². The summed E-state index contributed by atoms with van der Waals surface area (Å²) in [6.07, 6.45) is 0.0833. The Morgan fingerprint density at radius 3 is 1.38 bits per heavy atom. The summed E-state index contributed by atoms with van der Waals surface area (Å²) in [6, 6.07) is 0. The minimum atomic E-state index is -0.0625. The van der Waals surface area contributed by atoms with Crippen LogP contribution in [0.2, 0.25) is 0 Å². The summed E-state index contributed by atoms with van der Waals surface area (Å²) in [5.74, 6) is -0.125. The molecule has 2 nitrogen and oxygen atoms in total. The van der Waals surface area contributed by atoms with Gasteiger partial charge in [0.05, 0.1) is 6.42 Å². The minimum absolute atomic E-state index is 0. The average molecular weight is 193 g/mol. The maximum Gasteiger partial charge on any atom is 0.137 e. The fourth-order valence-electron chi connectivity index (χ4n) is 0.351. The van der Waals surface area contributed by atoms with Gasteiger partial charge in [-0.2, -0.15) is 0 Å². The SMILES string of the molecule is CC(=O)CC(C)=O.[Nb]. The van der Waals surface area contributed by atoms with Crippen LogP contribution >= 0.6 is 0 Å². The molecule has 0 aromatic heterocycles. The molecular formula is C5H8NbO2. The van der Waals surface area contributed by atoms with Crippen LogP contribution in [0.5, 0.6) is 0 Å². The number of Topliss-reactive ketones (excluding diaryl/α,β-unsaturated/α-hetero) is 2. The zero-order valence-electron chi connectivity index (χ0n) is 4.97. The van der Waals surface area contributed by atoms with E-state index in [1.54, 1.807) is 0 Å². The van der Waals surface area contributed by atoms with Crippen molar-refractivity contribution in [2.45, 2.75) is 20.3 Å². The molecule has 0 N–H and O–H groups in total. The summed E-state index contributed by atoms with van der Waals surface area (Å²) in [6.45, 7) is 2.81. The quantitative estimate of drug-likeness (QED) is 0.474. The van der Waals surface area contributed by atoms with Crippen molar-refractivity contribution < 1.29 is 32.0 Å². The zero-order chi connectivity index (χ0) is 5.86. The molecule has 0 heterocycles. The Morgan fingerprint density at radius 1 is 1.12 bits per heavy atom. The summed E-state index contributed by atoms with van der Waals surface area (Å²) in [5, 5.41) is 0. The maximum absolute atomic E-state index is 10.0. The van der Waals surface area contributed by atoms with Gasteiger partial charge in [0.25, 0.3) is 0 Å². The van der Waals surface area contributed by atoms with Crippen LogP contribution in [0.15, 0.2) is 0 Å². The number of carbonyl (C=O) groups is 2. The molecule has 0 aromatic carbocycles. The molecule has 0 atom stereocenters. The number of hydrogen-bond donors (Lipinski definition) is 0. The Hall–Kier alpha value is 0.0803. The van der Waals surface area contributed by atoms with Crippen LogP contribution in [0.4, 0.5) is 0 Å². The number of carbonyl (C=O) groups excluding carboxylic acids is 2. The zero-order valence-corrected chi connectivity index (χ0v) is 7.17. The Kier molecular flexibility index (Phi) is 7.15. The van der Waals surface area contributed by atoms with Crippen LogP contribution in [-0.4, -0.2) is 11.6 Å². The monoisotopic (exact) mass is 193 g/mol. The third-order valence-electron chi connectivity index (χ3n) is 0.498. The Labute approximate surface area is 64.2 Å². The molecule has 0 unspecified atom stereocenters. The van der Waals surface area contributed by atoms with E-state index < -0.39 is 0 Å². The Bertz CT molecular complexity index is 86.6. The molecular weight excluding hydrogens is 185 g/mol. The van der Waals surface area contributed by atoms with Crippen molar-refractivity contribution in [1.29, 1.82) is 0 Å². The maximum atomic E-state index is 10.0. The van der Waals surface area contributed by atoms with Crippen LogP contribution < -0.4 is 0 Å². The molecule has 0 aliphatic heterocycles. The van der Waals surface area contributed by atoms with Gasteiger partial charge in [-0.15, -0.1) is 0 Å². The molecule has 0 saturated carbocycles. The van der Waals surface area contributed by atoms with E-state index in [4.69, 9.17) is 0 Å². The normalized spacial score (nSPS) is 7.25. The first-order chi connectivity index (χ1) is 3.13. The van der Waals surface area contributed by atoms with Crippen molar-refractivity contribution in [3.63, 3.8) is 0 Å². The van der Waals surface area contributed by atoms with Crippen LogP contribution in [0.25, 0.3) is 0 Å². The van der Waals surface area contributed by atoms with E-state index in [-0.39, 0.29) is 40.4 Å². The fourth-order valence-corrected chi connectivity index (χ4v) is 0.351. The van der Waals surface area contributed by atoms with Crippen molar-refractivity contribution in [2.75, 3.05) is 0 Å². The largest absolute Gasteiger partial charge is 0.300 e. The summed E-state index contributed by atoms with van der Waals surface area (Å²) in [7, 11) is 0. The van der Waals surface area contributed by atoms with E-state index in [1.165, 1.54) is 13.8 Å². The Balaban J connectivity index is 0. The second-order valence-corrected chi connectivity index (χ2v) is 1.58. The molecule has 45 valence electrons. The molecule has 8 heavy (non-hydrogen) atoms. The molecule has 0 rings (SSSR count). The van der Waals surface area contributed by atoms with Crippen LogP contribution in [0, 0.1) is 0 Å². The van der Waals surface area contributed by atoms with Crippen LogP contribution in [-0.2, 0) is 32.0 Å². The second-order valence-electron chi connectivity index (χ2n) is 1.58. The number of rotatable bonds is 2. The van der Waals surface area contributed by atoms with E-state index in [9.17, 15) is 9.59 Å². The molecule has 0 aromatic rings. The van der Waals surface area contributed by atoms with Gasteiger partial charge in [-0.1, -0.05) is 0 Å². The smallest absolute Gasteiger partial charge is 0.137 e. The van der Waals surface area contributed by atoms with Gasteiger partial charge in [0.15, 0.2) is 0 Å². The predicted octanol–water partition coefficient (Wildman–Crippen LogP) is 0.552. The summed E-state index contributed by atoms with van der Waals surface area (Å²) < 4.78 is 0. The minimum Gasteiger partial charge on any atom is -0.300 e. The molecule has 0 saturated heterocycles. The van der Waals surface area contributed by atoms with Crippen LogP contribution in [0.1, 0.15) is 20.3 Å². The first kappa shape index (κ1) is 11.0. The molecule has 0 amide bonds. The molecule has 0 aliphatic carbocycles. The summed E-state index contributed by atoms with van der Waals surface area (Å²) in [4.78, 5) is 20.1. The molecule has 1 radical (unpaired) electrons. The van der Waals surface area contributed by atoms with E-state index in [0.717, 1.165) is 0 Å². The van der Waals surface area contributed by atoms with E-state index >= 15 is 0 Å². The number of hydrogen-bond acceptors (Lipinski definition) is 2. The van der Waals surface area contributed by atoms with Crippen molar-refractivity contribution in [2.24, 2.45) is 0 Å². The third kappa shape index (κ3) is 9.43. The van der Waals surface area contributed by atoms with Crippen molar-refractivity contribution in [3.05, 3.63) is 0 Å². The summed E-state index contributed by atoms with van der Waals surface area (Å²) in [5.41, 5.74) is 0. The molecule has 0 fully saturated rings. The van der Waals surface area contributed by atoms with Crippen molar-refractivity contribution in [3.8, 4) is 0 Å². The predicted molar refractivity (Wildman–Crippen MR) is 26.0 cm³/mol. The van der Waals surface area contributed by atoms with Crippen molar-refractivity contribution in [1.82, 2.24) is 0 Å². The van der Waals surface area contributed by atoms with Gasteiger partial charge in [-0.05, 0) is 13.8 Å². The van der Waals surface area contributed by atoms with E-state index in [2.05, 4.69) is 0 Å². The molecule has 3 heteroatoms. The molecule has 0 spiro atoms. The van der Waals surface area contributed by atoms with Gasteiger partial charge >= 0.3 is 0 Å². The van der Waals surface area contributed by atoms with E-state index in [1.807, 2.05) is 0 Å². The van der Waals surface area contributed by atoms with Gasteiger partial charge in [-0.3, -0.25) is 9.59 Å². The topological polar surface area (TPSA) is 34.1 Å². The van der Waals surface area contributed by atoms with Crippen LogP contribution in [0.3, 0.4) is 0 Å². The van der Waals surface area contributed by atoms with Crippen molar-refractivity contribution >= 4 is 11.6 Å². The average Bonchev–Trinajstić information content (AvgIpc) is 1.27.